The van der Waals surface area contributed by atoms with Crippen molar-refractivity contribution in [2.45, 2.75) is 32.9 Å². The Hall–Kier alpha value is -4.38. The predicted molar refractivity (Wildman–Crippen MR) is 153 cm³/mol. The lowest BCUT2D eigenvalue weighted by atomic mass is 10.1. The molecule has 1 aliphatic heterocycles. The summed E-state index contributed by atoms with van der Waals surface area (Å²) >= 11 is 1.45. The molecule has 0 saturated carbocycles. The molecule has 0 unspecified atom stereocenters. The number of aromatic nitrogens is 2. The molecule has 0 spiro atoms. The van der Waals surface area contributed by atoms with Crippen molar-refractivity contribution >= 4 is 40.6 Å². The zero-order valence-electron chi connectivity index (χ0n) is 22.6. The highest BCUT2D eigenvalue weighted by Crippen LogP contribution is 2.28. The fourth-order valence-corrected chi connectivity index (χ4v) is 5.27. The second kappa shape index (κ2) is 11.0. The van der Waals surface area contributed by atoms with Crippen LogP contribution in [0, 0.1) is 0 Å². The van der Waals surface area contributed by atoms with Gasteiger partial charge in [0, 0.05) is 55.6 Å². The Bertz CT molecular complexity index is 1530. The van der Waals surface area contributed by atoms with Crippen LogP contribution in [0.15, 0.2) is 59.4 Å². The third kappa shape index (κ3) is 5.79. The van der Waals surface area contributed by atoms with Crippen molar-refractivity contribution in [3.63, 3.8) is 0 Å². The molecule has 3 aromatic heterocycles. The summed E-state index contributed by atoms with van der Waals surface area (Å²) in [5, 5.41) is 16.5. The number of imidazole rings is 1. The van der Waals surface area contributed by atoms with E-state index in [0.29, 0.717) is 55.2 Å². The Kier molecular flexibility index (Phi) is 7.49. The Morgan fingerprint density at radius 1 is 1.05 bits per heavy atom. The minimum Gasteiger partial charge on any atom is -0.476 e. The van der Waals surface area contributed by atoms with E-state index in [1.165, 1.54) is 15.7 Å². The molecule has 2 N–H and O–H groups in total. The summed E-state index contributed by atoms with van der Waals surface area (Å²) in [4.78, 5) is 46.0. The maximum absolute atomic E-state index is 13.1. The molecule has 0 atom stereocenters. The molecule has 1 aliphatic rings. The number of carbonyl (C=O) groups excluding carboxylic acids is 2. The van der Waals surface area contributed by atoms with Crippen LogP contribution in [0.1, 0.15) is 47.2 Å². The van der Waals surface area contributed by atoms with Gasteiger partial charge in [0.05, 0.1) is 5.56 Å². The van der Waals surface area contributed by atoms with E-state index in [2.05, 4.69) is 15.2 Å². The molecule has 4 heterocycles. The predicted octanol–water partition coefficient (Wildman–Crippen LogP) is 4.75. The first-order chi connectivity index (χ1) is 19.1. The summed E-state index contributed by atoms with van der Waals surface area (Å²) in [6, 6.07) is 13.0. The van der Waals surface area contributed by atoms with Crippen molar-refractivity contribution in [1.29, 1.82) is 0 Å². The van der Waals surface area contributed by atoms with E-state index < -0.39 is 11.6 Å². The molecule has 208 valence electrons. The molecule has 11 heteroatoms. The van der Waals surface area contributed by atoms with E-state index in [1.54, 1.807) is 23.2 Å². The molecule has 0 bridgehead atoms. The molecular formula is C29H31N5O5S. The van der Waals surface area contributed by atoms with Gasteiger partial charge in [0.15, 0.2) is 11.3 Å². The largest absolute Gasteiger partial charge is 0.476 e. The van der Waals surface area contributed by atoms with Crippen LogP contribution in [0.3, 0.4) is 0 Å². The van der Waals surface area contributed by atoms with Gasteiger partial charge in [-0.2, -0.15) is 11.3 Å². The first-order valence-electron chi connectivity index (χ1n) is 13.0. The van der Waals surface area contributed by atoms with Crippen LogP contribution in [-0.4, -0.2) is 69.1 Å². The second-order valence-electron chi connectivity index (χ2n) is 10.5. The van der Waals surface area contributed by atoms with Crippen molar-refractivity contribution in [2.24, 2.45) is 0 Å². The lowest BCUT2D eigenvalue weighted by Crippen LogP contribution is -2.50. The van der Waals surface area contributed by atoms with E-state index in [1.807, 2.05) is 61.9 Å². The SMILES string of the molecule is CC(C)(C)OC(=O)N1CCN(c2ccc(CNC(=O)c3cccn4c(C(=O)O)c(-c5ccsc5)nc34)cc2)CC1. The van der Waals surface area contributed by atoms with Crippen molar-refractivity contribution in [2.75, 3.05) is 31.1 Å². The van der Waals surface area contributed by atoms with Gasteiger partial charge in [-0.25, -0.2) is 14.6 Å². The van der Waals surface area contributed by atoms with Gasteiger partial charge in [-0.15, -0.1) is 0 Å². The molecule has 10 nitrogen and oxygen atoms in total. The number of benzene rings is 1. The van der Waals surface area contributed by atoms with Crippen LogP contribution >= 0.6 is 11.3 Å². The van der Waals surface area contributed by atoms with Crippen molar-refractivity contribution in [1.82, 2.24) is 19.6 Å². The number of anilines is 1. The smallest absolute Gasteiger partial charge is 0.410 e. The van der Waals surface area contributed by atoms with Gasteiger partial charge in [-0.3, -0.25) is 9.20 Å². The fraction of sp³-hybridized carbons (Fsp3) is 0.310. The minimum absolute atomic E-state index is 0.0190. The van der Waals surface area contributed by atoms with Gasteiger partial charge in [-0.05, 0) is 62.0 Å². The van der Waals surface area contributed by atoms with E-state index in [9.17, 15) is 19.5 Å². The fourth-order valence-electron chi connectivity index (χ4n) is 4.63. The van der Waals surface area contributed by atoms with E-state index in [4.69, 9.17) is 4.74 Å². The summed E-state index contributed by atoms with van der Waals surface area (Å²) in [7, 11) is 0. The summed E-state index contributed by atoms with van der Waals surface area (Å²) in [6.07, 6.45) is 1.32. The summed E-state index contributed by atoms with van der Waals surface area (Å²) in [5.41, 5.74) is 3.09. The number of carboxylic acid groups (broad SMARTS) is 1. The number of carboxylic acids is 1. The van der Waals surface area contributed by atoms with Crippen LogP contribution in [0.2, 0.25) is 0 Å². The van der Waals surface area contributed by atoms with Gasteiger partial charge < -0.3 is 25.0 Å². The number of carbonyl (C=O) groups is 3. The van der Waals surface area contributed by atoms with Gasteiger partial charge in [0.2, 0.25) is 0 Å². The normalized spacial score (nSPS) is 13.9. The van der Waals surface area contributed by atoms with Gasteiger partial charge in [0.25, 0.3) is 5.91 Å². The molecule has 1 aromatic carbocycles. The van der Waals surface area contributed by atoms with Crippen molar-refractivity contribution < 1.29 is 24.2 Å². The highest BCUT2D eigenvalue weighted by atomic mass is 32.1. The third-order valence-electron chi connectivity index (χ3n) is 6.58. The van der Waals surface area contributed by atoms with Crippen LogP contribution in [0.4, 0.5) is 10.5 Å². The number of ether oxygens (including phenoxy) is 1. The average molecular weight is 562 g/mol. The molecule has 4 aromatic rings. The lowest BCUT2D eigenvalue weighted by molar-refractivity contribution is 0.0240. The van der Waals surface area contributed by atoms with Crippen molar-refractivity contribution in [3.05, 3.63) is 76.2 Å². The van der Waals surface area contributed by atoms with Gasteiger partial charge >= 0.3 is 12.1 Å². The molecule has 40 heavy (non-hydrogen) atoms. The van der Waals surface area contributed by atoms with E-state index in [-0.39, 0.29) is 17.7 Å². The second-order valence-corrected chi connectivity index (χ2v) is 11.3. The maximum Gasteiger partial charge on any atom is 0.410 e. The van der Waals surface area contributed by atoms with E-state index in [0.717, 1.165) is 11.3 Å². The van der Waals surface area contributed by atoms with Crippen LogP contribution in [0.5, 0.6) is 0 Å². The molecule has 1 fully saturated rings. The Labute approximate surface area is 235 Å². The Morgan fingerprint density at radius 2 is 1.77 bits per heavy atom. The minimum atomic E-state index is -1.11. The number of nitrogens with one attached hydrogen (secondary N) is 1. The molecule has 1 saturated heterocycles. The monoisotopic (exact) mass is 561 g/mol. The zero-order chi connectivity index (χ0) is 28.4. The summed E-state index contributed by atoms with van der Waals surface area (Å²) in [6.45, 7) is 8.47. The zero-order valence-corrected chi connectivity index (χ0v) is 23.4. The lowest BCUT2D eigenvalue weighted by Gasteiger charge is -2.36. The number of rotatable bonds is 6. The van der Waals surface area contributed by atoms with Gasteiger partial charge in [0.1, 0.15) is 11.3 Å². The number of thiophene rings is 1. The number of aromatic carboxylic acids is 1. The number of hydrogen-bond donors (Lipinski definition) is 2. The van der Waals surface area contributed by atoms with Crippen LogP contribution < -0.4 is 10.2 Å². The quantitative estimate of drug-likeness (QED) is 0.349. The topological polar surface area (TPSA) is 116 Å². The first-order valence-corrected chi connectivity index (χ1v) is 13.9. The average Bonchev–Trinajstić information content (AvgIpc) is 3.59. The molecule has 0 radical (unpaired) electrons. The maximum atomic E-state index is 13.1. The first kappa shape index (κ1) is 27.2. The van der Waals surface area contributed by atoms with Gasteiger partial charge in [-0.1, -0.05) is 12.1 Å². The number of fused-ring (bicyclic) bond motifs is 1. The number of nitrogens with zero attached hydrogens (tertiary/aromatic N) is 4. The van der Waals surface area contributed by atoms with Crippen LogP contribution in [0.25, 0.3) is 16.9 Å². The number of pyridine rings is 1. The highest BCUT2D eigenvalue weighted by Gasteiger charge is 2.26. The number of piperazine rings is 1. The van der Waals surface area contributed by atoms with Crippen molar-refractivity contribution in [3.8, 4) is 11.3 Å². The Balaban J connectivity index is 1.23. The Morgan fingerprint density at radius 3 is 2.40 bits per heavy atom. The molecule has 5 rings (SSSR count). The standard InChI is InChI=1S/C29H31N5O5S/c1-29(2,3)39-28(38)33-14-12-32(13-15-33)21-8-6-19(7-9-21)17-30-26(35)22-5-4-11-34-24(27(36)37)23(31-25(22)34)20-10-16-40-18-20/h4-11,16,18H,12-15,17H2,1-3H3,(H,30,35)(H,36,37). The summed E-state index contributed by atoms with van der Waals surface area (Å²) < 4.78 is 6.92. The molecular weight excluding hydrogens is 530 g/mol. The summed E-state index contributed by atoms with van der Waals surface area (Å²) in [5.74, 6) is -1.45. The molecule has 2 amide bonds. The third-order valence-corrected chi connectivity index (χ3v) is 7.26. The number of amides is 2. The van der Waals surface area contributed by atoms with Crippen LogP contribution in [-0.2, 0) is 11.3 Å². The highest BCUT2D eigenvalue weighted by molar-refractivity contribution is 7.08. The molecule has 0 aliphatic carbocycles. The number of hydrogen-bond acceptors (Lipinski definition) is 7. The van der Waals surface area contributed by atoms with E-state index >= 15 is 0 Å².